The molecule has 0 aliphatic heterocycles. The lowest BCUT2D eigenvalue weighted by Crippen LogP contribution is -2.46. The summed E-state index contributed by atoms with van der Waals surface area (Å²) in [6, 6.07) is 8.94. The van der Waals surface area contributed by atoms with Crippen LogP contribution in [-0.4, -0.2) is 32.5 Å². The molecule has 0 heterocycles. The van der Waals surface area contributed by atoms with Gasteiger partial charge in [0.05, 0.1) is 5.75 Å². The minimum Gasteiger partial charge on any atom is -0.310 e. The molecule has 5 heteroatoms. The molecule has 0 aromatic heterocycles. The SMILES string of the molecule is CC(CS(C)(=O)=O)NC1CC(c2ccc(Br)cc2)C1. The molecule has 1 aromatic carbocycles. The summed E-state index contributed by atoms with van der Waals surface area (Å²) >= 11 is 3.44. The van der Waals surface area contributed by atoms with Crippen molar-refractivity contribution in [1.29, 1.82) is 0 Å². The molecule has 1 N–H and O–H groups in total. The van der Waals surface area contributed by atoms with Gasteiger partial charge in [-0.2, -0.15) is 0 Å². The van der Waals surface area contributed by atoms with Crippen LogP contribution in [0.25, 0.3) is 0 Å². The molecule has 2 rings (SSSR count). The van der Waals surface area contributed by atoms with Crippen LogP contribution in [0.2, 0.25) is 0 Å². The summed E-state index contributed by atoms with van der Waals surface area (Å²) in [4.78, 5) is 0. The van der Waals surface area contributed by atoms with Crippen LogP contribution in [0.1, 0.15) is 31.2 Å². The van der Waals surface area contributed by atoms with Crippen LogP contribution in [0.3, 0.4) is 0 Å². The molecular formula is C14H20BrNO2S. The van der Waals surface area contributed by atoms with Gasteiger partial charge in [0.15, 0.2) is 0 Å². The minimum atomic E-state index is -2.89. The van der Waals surface area contributed by atoms with Crippen LogP contribution >= 0.6 is 15.9 Å². The van der Waals surface area contributed by atoms with Crippen molar-refractivity contribution < 1.29 is 8.42 Å². The van der Waals surface area contributed by atoms with Crippen LogP contribution < -0.4 is 5.32 Å². The average molecular weight is 346 g/mol. The summed E-state index contributed by atoms with van der Waals surface area (Å²) in [7, 11) is -2.89. The molecule has 0 bridgehead atoms. The van der Waals surface area contributed by atoms with Crippen molar-refractivity contribution in [3.8, 4) is 0 Å². The minimum absolute atomic E-state index is 0.0332. The highest BCUT2D eigenvalue weighted by molar-refractivity contribution is 9.10. The molecule has 1 fully saturated rings. The zero-order valence-electron chi connectivity index (χ0n) is 11.3. The van der Waals surface area contributed by atoms with Gasteiger partial charge in [-0.1, -0.05) is 28.1 Å². The van der Waals surface area contributed by atoms with Crippen molar-refractivity contribution in [3.05, 3.63) is 34.3 Å². The number of halogens is 1. The van der Waals surface area contributed by atoms with Crippen LogP contribution in [-0.2, 0) is 9.84 Å². The van der Waals surface area contributed by atoms with Crippen molar-refractivity contribution in [3.63, 3.8) is 0 Å². The van der Waals surface area contributed by atoms with Gasteiger partial charge in [-0.25, -0.2) is 8.42 Å². The first-order valence-corrected chi connectivity index (χ1v) is 9.38. The molecule has 19 heavy (non-hydrogen) atoms. The van der Waals surface area contributed by atoms with Gasteiger partial charge in [-0.3, -0.25) is 0 Å². The van der Waals surface area contributed by atoms with E-state index in [2.05, 4.69) is 45.5 Å². The van der Waals surface area contributed by atoms with Gasteiger partial charge in [0.2, 0.25) is 0 Å². The largest absolute Gasteiger partial charge is 0.310 e. The molecule has 1 saturated carbocycles. The van der Waals surface area contributed by atoms with Crippen molar-refractivity contribution in [2.75, 3.05) is 12.0 Å². The molecule has 1 aliphatic carbocycles. The maximum Gasteiger partial charge on any atom is 0.148 e. The number of rotatable bonds is 5. The Balaban J connectivity index is 1.79. The van der Waals surface area contributed by atoms with Crippen molar-refractivity contribution in [2.45, 2.75) is 37.8 Å². The third kappa shape index (κ3) is 4.58. The van der Waals surface area contributed by atoms with E-state index in [9.17, 15) is 8.42 Å². The molecule has 0 amide bonds. The Morgan fingerprint density at radius 1 is 1.32 bits per heavy atom. The number of benzene rings is 1. The Labute approximate surface area is 123 Å². The van der Waals surface area contributed by atoms with E-state index in [1.165, 1.54) is 11.8 Å². The average Bonchev–Trinajstić information content (AvgIpc) is 2.22. The molecule has 106 valence electrons. The van der Waals surface area contributed by atoms with Gasteiger partial charge in [-0.15, -0.1) is 0 Å². The van der Waals surface area contributed by atoms with E-state index in [0.717, 1.165) is 17.3 Å². The predicted molar refractivity (Wildman–Crippen MR) is 82.2 cm³/mol. The summed E-state index contributed by atoms with van der Waals surface area (Å²) in [6.07, 6.45) is 3.47. The molecule has 0 spiro atoms. The van der Waals surface area contributed by atoms with Gasteiger partial charge >= 0.3 is 0 Å². The molecule has 3 nitrogen and oxygen atoms in total. The highest BCUT2D eigenvalue weighted by Crippen LogP contribution is 2.37. The van der Waals surface area contributed by atoms with Gasteiger partial charge in [-0.05, 0) is 43.4 Å². The van der Waals surface area contributed by atoms with Crippen LogP contribution in [0.4, 0.5) is 0 Å². The quantitative estimate of drug-likeness (QED) is 0.892. The van der Waals surface area contributed by atoms with E-state index >= 15 is 0 Å². The fraction of sp³-hybridized carbons (Fsp3) is 0.571. The lowest BCUT2D eigenvalue weighted by atomic mass is 9.75. The zero-order chi connectivity index (χ0) is 14.0. The van der Waals surface area contributed by atoms with Gasteiger partial charge in [0, 0.05) is 22.8 Å². The maximum absolute atomic E-state index is 11.2. The topological polar surface area (TPSA) is 46.2 Å². The standard InChI is InChI=1S/C14H20BrNO2S/c1-10(9-19(2,17)18)16-14-7-12(8-14)11-3-5-13(15)6-4-11/h3-6,10,12,14,16H,7-9H2,1-2H3. The fourth-order valence-corrected chi connectivity index (χ4v) is 3.93. The Morgan fingerprint density at radius 2 is 1.89 bits per heavy atom. The van der Waals surface area contributed by atoms with Crippen LogP contribution in [0.15, 0.2) is 28.7 Å². The first-order valence-electron chi connectivity index (χ1n) is 6.53. The second-order valence-corrected chi connectivity index (χ2v) is 8.68. The molecule has 0 saturated heterocycles. The molecule has 0 radical (unpaired) electrons. The number of nitrogens with one attached hydrogen (secondary N) is 1. The highest BCUT2D eigenvalue weighted by atomic mass is 79.9. The van der Waals surface area contributed by atoms with E-state index in [4.69, 9.17) is 0 Å². The first-order chi connectivity index (χ1) is 8.83. The first kappa shape index (κ1) is 15.0. The van der Waals surface area contributed by atoms with Crippen molar-refractivity contribution in [2.24, 2.45) is 0 Å². The van der Waals surface area contributed by atoms with E-state index in [-0.39, 0.29) is 11.8 Å². The van der Waals surface area contributed by atoms with Gasteiger partial charge in [0.1, 0.15) is 9.84 Å². The summed E-state index contributed by atoms with van der Waals surface area (Å²) in [5, 5.41) is 3.40. The monoisotopic (exact) mass is 345 g/mol. The van der Waals surface area contributed by atoms with Crippen molar-refractivity contribution in [1.82, 2.24) is 5.32 Å². The van der Waals surface area contributed by atoms with Crippen LogP contribution in [0, 0.1) is 0 Å². The highest BCUT2D eigenvalue weighted by Gasteiger charge is 2.31. The second kappa shape index (κ2) is 5.94. The van der Waals surface area contributed by atoms with Crippen molar-refractivity contribution >= 4 is 25.8 Å². The normalized spacial score (nSPS) is 24.8. The lowest BCUT2D eigenvalue weighted by molar-refractivity contribution is 0.275. The summed E-state index contributed by atoms with van der Waals surface area (Å²) < 4.78 is 23.5. The van der Waals surface area contributed by atoms with E-state index in [0.29, 0.717) is 12.0 Å². The van der Waals surface area contributed by atoms with Gasteiger partial charge in [0.25, 0.3) is 0 Å². The van der Waals surface area contributed by atoms with Gasteiger partial charge < -0.3 is 5.32 Å². The number of hydrogen-bond donors (Lipinski definition) is 1. The third-order valence-corrected chi connectivity index (χ3v) is 5.19. The fourth-order valence-electron chi connectivity index (χ4n) is 2.67. The molecule has 1 aromatic rings. The van der Waals surface area contributed by atoms with E-state index in [1.54, 1.807) is 0 Å². The Bertz CT molecular complexity index is 521. The molecule has 1 aliphatic rings. The van der Waals surface area contributed by atoms with E-state index < -0.39 is 9.84 Å². The summed E-state index contributed by atoms with van der Waals surface area (Å²) in [5.74, 6) is 0.822. The molecular weight excluding hydrogens is 326 g/mol. The lowest BCUT2D eigenvalue weighted by Gasteiger charge is -2.38. The number of hydrogen-bond acceptors (Lipinski definition) is 3. The molecule has 1 unspecified atom stereocenters. The summed E-state index contributed by atoms with van der Waals surface area (Å²) in [6.45, 7) is 1.94. The second-order valence-electron chi connectivity index (χ2n) is 5.58. The predicted octanol–water partition coefficient (Wildman–Crippen LogP) is 2.72. The maximum atomic E-state index is 11.2. The zero-order valence-corrected chi connectivity index (χ0v) is 13.7. The summed E-state index contributed by atoms with van der Waals surface area (Å²) in [5.41, 5.74) is 1.37. The smallest absolute Gasteiger partial charge is 0.148 e. The Morgan fingerprint density at radius 3 is 2.42 bits per heavy atom. The Kier molecular flexibility index (Phi) is 4.69. The van der Waals surface area contributed by atoms with E-state index in [1.807, 2.05) is 6.92 Å². The Hall–Kier alpha value is -0.390. The van der Waals surface area contributed by atoms with Crippen LogP contribution in [0.5, 0.6) is 0 Å². The molecule has 1 atom stereocenters. The number of sulfone groups is 1. The third-order valence-electron chi connectivity index (χ3n) is 3.55.